The number of fused-ring (bicyclic) bond motifs is 1. The lowest BCUT2D eigenvalue weighted by Crippen LogP contribution is -2.09. The number of nitrogens with one attached hydrogen (secondary N) is 1. The van der Waals surface area contributed by atoms with Gasteiger partial charge in [0.25, 0.3) is 5.56 Å². The zero-order valence-corrected chi connectivity index (χ0v) is 13.7. The third-order valence-corrected chi connectivity index (χ3v) is 4.03. The molecule has 0 spiro atoms. The maximum Gasteiger partial charge on any atom is 0.259 e. The van der Waals surface area contributed by atoms with Crippen LogP contribution in [-0.2, 0) is 0 Å². The summed E-state index contributed by atoms with van der Waals surface area (Å²) in [4.78, 5) is 23.1. The molecule has 0 unspecified atom stereocenters. The molecule has 4 rings (SSSR count). The second-order valence-electron chi connectivity index (χ2n) is 5.36. The minimum Gasteiger partial charge on any atom is -0.457 e. The molecule has 3 aromatic heterocycles. The molecule has 1 aromatic carbocycles. The Morgan fingerprint density at radius 2 is 1.96 bits per heavy atom. The van der Waals surface area contributed by atoms with Gasteiger partial charge in [0.2, 0.25) is 0 Å². The largest absolute Gasteiger partial charge is 0.457 e. The van der Waals surface area contributed by atoms with Gasteiger partial charge in [0.15, 0.2) is 0 Å². The lowest BCUT2D eigenvalue weighted by molar-refractivity contribution is 0.572. The van der Waals surface area contributed by atoms with Crippen LogP contribution in [0.15, 0.2) is 64.1 Å². The first-order chi connectivity index (χ1) is 12.2. The highest BCUT2D eigenvalue weighted by atomic mass is 35.5. The van der Waals surface area contributed by atoms with E-state index >= 15 is 0 Å². The molecule has 25 heavy (non-hydrogen) atoms. The van der Waals surface area contributed by atoms with E-state index in [0.717, 1.165) is 5.56 Å². The molecular weight excluding hydrogens is 338 g/mol. The number of hydrogen-bond donors (Lipinski definition) is 1. The molecule has 0 saturated carbocycles. The van der Waals surface area contributed by atoms with Crippen molar-refractivity contribution in [1.29, 1.82) is 0 Å². The highest BCUT2D eigenvalue weighted by Crippen LogP contribution is 2.29. The summed E-state index contributed by atoms with van der Waals surface area (Å²) in [5.41, 5.74) is 1.16. The topological polar surface area (TPSA) is 71.8 Å². The third kappa shape index (κ3) is 3.09. The predicted molar refractivity (Wildman–Crippen MR) is 98.2 cm³/mol. The van der Waals surface area contributed by atoms with Crippen LogP contribution in [0.4, 0.5) is 0 Å². The van der Waals surface area contributed by atoms with E-state index in [1.165, 1.54) is 0 Å². The van der Waals surface area contributed by atoms with Gasteiger partial charge in [-0.25, -0.2) is 4.98 Å². The summed E-state index contributed by atoms with van der Waals surface area (Å²) in [7, 11) is 0. The van der Waals surface area contributed by atoms with Crippen molar-refractivity contribution < 1.29 is 4.42 Å². The van der Waals surface area contributed by atoms with Crippen LogP contribution >= 0.6 is 11.6 Å². The number of aromatic amines is 1. The Kier molecular flexibility index (Phi) is 3.91. The summed E-state index contributed by atoms with van der Waals surface area (Å²) in [5, 5.41) is 1.13. The molecule has 0 saturated heterocycles. The number of halogens is 1. The summed E-state index contributed by atoms with van der Waals surface area (Å²) >= 11 is 6.18. The summed E-state index contributed by atoms with van der Waals surface area (Å²) in [6.45, 7) is 0. The predicted octanol–water partition coefficient (Wildman–Crippen LogP) is 4.40. The van der Waals surface area contributed by atoms with Gasteiger partial charge in [-0.05, 0) is 42.5 Å². The molecule has 0 aliphatic carbocycles. The Hall–Kier alpha value is -3.18. The normalized spacial score (nSPS) is 11.4. The number of aromatic nitrogens is 3. The second kappa shape index (κ2) is 6.37. The number of nitrogens with zero attached hydrogens (tertiary/aromatic N) is 2. The van der Waals surface area contributed by atoms with E-state index in [0.29, 0.717) is 33.3 Å². The number of pyridine rings is 1. The van der Waals surface area contributed by atoms with E-state index in [1.54, 1.807) is 30.6 Å². The molecule has 6 heteroatoms. The Bertz CT molecular complexity index is 1140. The van der Waals surface area contributed by atoms with Crippen LogP contribution in [0.3, 0.4) is 0 Å². The number of rotatable bonds is 3. The molecule has 0 fully saturated rings. The fourth-order valence-electron chi connectivity index (χ4n) is 2.50. The van der Waals surface area contributed by atoms with E-state index in [2.05, 4.69) is 15.0 Å². The van der Waals surface area contributed by atoms with Crippen LogP contribution < -0.4 is 5.56 Å². The van der Waals surface area contributed by atoms with Gasteiger partial charge in [-0.1, -0.05) is 23.7 Å². The van der Waals surface area contributed by atoms with Crippen LogP contribution in [0.1, 0.15) is 11.6 Å². The van der Waals surface area contributed by atoms with Gasteiger partial charge < -0.3 is 9.40 Å². The zero-order chi connectivity index (χ0) is 17.2. The average molecular weight is 350 g/mol. The molecule has 0 radical (unpaired) electrons. The number of furan rings is 1. The minimum atomic E-state index is -0.205. The Labute approximate surface area is 147 Å². The monoisotopic (exact) mass is 349 g/mol. The van der Waals surface area contributed by atoms with Gasteiger partial charge in [-0.15, -0.1) is 0 Å². The Balaban J connectivity index is 1.65. The number of benzene rings is 1. The lowest BCUT2D eigenvalue weighted by Gasteiger charge is -1.99. The quantitative estimate of drug-likeness (QED) is 0.595. The van der Waals surface area contributed by atoms with Gasteiger partial charge in [-0.3, -0.25) is 9.78 Å². The first kappa shape index (κ1) is 15.4. The first-order valence-electron chi connectivity index (χ1n) is 7.57. The van der Waals surface area contributed by atoms with Gasteiger partial charge in [0.1, 0.15) is 17.3 Å². The molecule has 122 valence electrons. The molecule has 0 bridgehead atoms. The third-order valence-electron chi connectivity index (χ3n) is 3.70. The van der Waals surface area contributed by atoms with E-state index in [1.807, 2.05) is 36.4 Å². The van der Waals surface area contributed by atoms with Gasteiger partial charge >= 0.3 is 0 Å². The highest BCUT2D eigenvalue weighted by Gasteiger charge is 2.07. The molecule has 0 amide bonds. The van der Waals surface area contributed by atoms with Gasteiger partial charge in [0.05, 0.1) is 22.1 Å². The van der Waals surface area contributed by atoms with Crippen molar-refractivity contribution in [1.82, 2.24) is 15.0 Å². The number of H-pyrrole nitrogens is 1. The average Bonchev–Trinajstić information content (AvgIpc) is 3.09. The van der Waals surface area contributed by atoms with Gasteiger partial charge in [0, 0.05) is 11.8 Å². The maximum atomic E-state index is 12.0. The molecule has 4 aromatic rings. The Morgan fingerprint density at radius 1 is 1.08 bits per heavy atom. The maximum absolute atomic E-state index is 12.0. The fourth-order valence-corrected chi connectivity index (χ4v) is 2.73. The first-order valence-corrected chi connectivity index (χ1v) is 7.95. The second-order valence-corrected chi connectivity index (χ2v) is 5.77. The van der Waals surface area contributed by atoms with Crippen molar-refractivity contribution >= 4 is 34.7 Å². The van der Waals surface area contributed by atoms with E-state index < -0.39 is 0 Å². The highest BCUT2D eigenvalue weighted by molar-refractivity contribution is 6.33. The fraction of sp³-hybridized carbons (Fsp3) is 0. The SMILES string of the molecule is O=c1[nH]c(/C=C/c2ccc(-c3ccccc3Cl)o2)nc2cnccc12. The summed E-state index contributed by atoms with van der Waals surface area (Å²) in [6, 6.07) is 12.8. The van der Waals surface area contributed by atoms with E-state index in [4.69, 9.17) is 16.0 Å². The van der Waals surface area contributed by atoms with Crippen molar-refractivity contribution in [3.8, 4) is 11.3 Å². The van der Waals surface area contributed by atoms with Gasteiger partial charge in [-0.2, -0.15) is 0 Å². The minimum absolute atomic E-state index is 0.205. The van der Waals surface area contributed by atoms with Crippen LogP contribution in [-0.4, -0.2) is 15.0 Å². The van der Waals surface area contributed by atoms with Crippen LogP contribution in [0.25, 0.3) is 34.4 Å². The van der Waals surface area contributed by atoms with Crippen LogP contribution in [0.2, 0.25) is 5.02 Å². The standard InChI is InChI=1S/C19H12ClN3O2/c20-15-4-2-1-3-13(15)17-7-5-12(25-17)6-8-18-22-16-11-21-10-9-14(16)19(24)23-18/h1-11H,(H,22,23,24)/b8-6+. The van der Waals surface area contributed by atoms with Crippen molar-refractivity contribution in [2.75, 3.05) is 0 Å². The molecule has 0 atom stereocenters. The smallest absolute Gasteiger partial charge is 0.259 e. The summed E-state index contributed by atoms with van der Waals surface area (Å²) < 4.78 is 5.79. The van der Waals surface area contributed by atoms with Crippen LogP contribution in [0, 0.1) is 0 Å². The van der Waals surface area contributed by atoms with Crippen molar-refractivity contribution in [2.45, 2.75) is 0 Å². The van der Waals surface area contributed by atoms with Crippen molar-refractivity contribution in [3.63, 3.8) is 0 Å². The van der Waals surface area contributed by atoms with Crippen molar-refractivity contribution in [2.24, 2.45) is 0 Å². The number of hydrogen-bond acceptors (Lipinski definition) is 4. The van der Waals surface area contributed by atoms with E-state index in [9.17, 15) is 4.79 Å². The zero-order valence-electron chi connectivity index (χ0n) is 12.9. The summed E-state index contributed by atoms with van der Waals surface area (Å²) in [5.74, 6) is 1.74. The Morgan fingerprint density at radius 3 is 2.84 bits per heavy atom. The molecule has 3 heterocycles. The molecule has 0 aliphatic rings. The molecule has 5 nitrogen and oxygen atoms in total. The molecule has 1 N–H and O–H groups in total. The molecular formula is C19H12ClN3O2. The summed E-state index contributed by atoms with van der Waals surface area (Å²) in [6.07, 6.45) is 6.54. The molecule has 0 aliphatic heterocycles. The van der Waals surface area contributed by atoms with Crippen LogP contribution in [0.5, 0.6) is 0 Å². The van der Waals surface area contributed by atoms with E-state index in [-0.39, 0.29) is 5.56 Å². The lowest BCUT2D eigenvalue weighted by atomic mass is 10.2. The van der Waals surface area contributed by atoms with Crippen molar-refractivity contribution in [3.05, 3.63) is 81.8 Å².